The van der Waals surface area contributed by atoms with E-state index in [9.17, 15) is 0 Å². The first-order chi connectivity index (χ1) is 11.3. The normalized spacial score (nSPS) is 13.6. The molecule has 3 aromatic rings. The highest BCUT2D eigenvalue weighted by Gasteiger charge is 2.16. The van der Waals surface area contributed by atoms with Crippen LogP contribution in [0.1, 0.15) is 17.5 Å². The Hall–Kier alpha value is -1.51. The molecule has 0 bridgehead atoms. The zero-order valence-electron chi connectivity index (χ0n) is 12.8. The number of hydrogen-bond donors (Lipinski definition) is 0. The summed E-state index contributed by atoms with van der Waals surface area (Å²) in [5.74, 6) is 0. The maximum atomic E-state index is 3.60. The Kier molecular flexibility index (Phi) is 4.28. The van der Waals surface area contributed by atoms with Crippen LogP contribution >= 0.6 is 27.7 Å². The second-order valence-corrected chi connectivity index (χ2v) is 7.84. The molecular formula is C21H17BrS. The van der Waals surface area contributed by atoms with Gasteiger partial charge in [-0.2, -0.15) is 0 Å². The maximum Gasteiger partial charge on any atom is 0.0232 e. The highest BCUT2D eigenvalue weighted by molar-refractivity contribution is 9.10. The Morgan fingerprint density at radius 2 is 1.57 bits per heavy atom. The molecule has 1 heterocycles. The van der Waals surface area contributed by atoms with E-state index in [1.165, 1.54) is 44.9 Å². The molecule has 0 aromatic heterocycles. The van der Waals surface area contributed by atoms with Crippen LogP contribution in [0.2, 0.25) is 0 Å². The molecule has 0 atom stereocenters. The van der Waals surface area contributed by atoms with Crippen LogP contribution < -0.4 is 0 Å². The van der Waals surface area contributed by atoms with Crippen molar-refractivity contribution in [1.82, 2.24) is 0 Å². The summed E-state index contributed by atoms with van der Waals surface area (Å²) < 4.78 is 1.13. The van der Waals surface area contributed by atoms with Crippen molar-refractivity contribution >= 4 is 27.7 Å². The molecule has 0 saturated carbocycles. The molecule has 0 saturated heterocycles. The minimum atomic E-state index is 1.13. The number of halogens is 1. The lowest BCUT2D eigenvalue weighted by molar-refractivity contribution is 0.793. The molecule has 0 aliphatic carbocycles. The summed E-state index contributed by atoms with van der Waals surface area (Å²) in [4.78, 5) is 2.81. The van der Waals surface area contributed by atoms with Crippen molar-refractivity contribution in [1.29, 1.82) is 0 Å². The highest BCUT2D eigenvalue weighted by Crippen LogP contribution is 2.42. The van der Waals surface area contributed by atoms with Crippen LogP contribution in [0.5, 0.6) is 0 Å². The van der Waals surface area contributed by atoms with Crippen LogP contribution in [0.15, 0.2) is 81.0 Å². The first kappa shape index (κ1) is 15.0. The van der Waals surface area contributed by atoms with E-state index >= 15 is 0 Å². The van der Waals surface area contributed by atoms with Gasteiger partial charge in [0.15, 0.2) is 0 Å². The molecule has 0 N–H and O–H groups in total. The first-order valence-electron chi connectivity index (χ1n) is 7.95. The SMILES string of the molecule is Brc1cccc(-c2cccc3c2Sc2ccccc2CCC3)c1. The molecule has 3 aromatic carbocycles. The van der Waals surface area contributed by atoms with Crippen molar-refractivity contribution < 1.29 is 0 Å². The second kappa shape index (κ2) is 6.54. The number of hydrogen-bond acceptors (Lipinski definition) is 1. The standard InChI is InChI=1S/C21H17BrS/c22-18-11-4-10-17(14-18)19-12-5-9-16-8-3-7-15-6-1-2-13-20(15)23-21(16)19/h1-2,4-6,9-14H,3,7-8H2. The molecule has 0 nitrogen and oxygen atoms in total. The zero-order chi connectivity index (χ0) is 15.6. The minimum absolute atomic E-state index is 1.13. The fraction of sp³-hybridized carbons (Fsp3) is 0.143. The molecule has 0 amide bonds. The third-order valence-electron chi connectivity index (χ3n) is 4.31. The molecule has 23 heavy (non-hydrogen) atoms. The molecule has 1 aliphatic rings. The predicted molar refractivity (Wildman–Crippen MR) is 102 cm³/mol. The Morgan fingerprint density at radius 1 is 0.783 bits per heavy atom. The summed E-state index contributed by atoms with van der Waals surface area (Å²) in [5, 5.41) is 0. The summed E-state index contributed by atoms with van der Waals surface area (Å²) in [5.41, 5.74) is 5.57. The van der Waals surface area contributed by atoms with Crippen LogP contribution in [0.4, 0.5) is 0 Å². The van der Waals surface area contributed by atoms with Crippen molar-refractivity contribution in [3.63, 3.8) is 0 Å². The average Bonchev–Trinajstić information content (AvgIpc) is 2.55. The molecule has 114 valence electrons. The van der Waals surface area contributed by atoms with Gasteiger partial charge < -0.3 is 0 Å². The third kappa shape index (κ3) is 3.11. The predicted octanol–water partition coefficient (Wildman–Crippen LogP) is 6.76. The number of rotatable bonds is 1. The van der Waals surface area contributed by atoms with Crippen molar-refractivity contribution in [2.45, 2.75) is 29.1 Å². The number of fused-ring (bicyclic) bond motifs is 2. The van der Waals surface area contributed by atoms with Crippen LogP contribution in [0.3, 0.4) is 0 Å². The lowest BCUT2D eigenvalue weighted by Gasteiger charge is -2.19. The molecule has 2 heteroatoms. The minimum Gasteiger partial charge on any atom is -0.0889 e. The van der Waals surface area contributed by atoms with E-state index in [0.717, 1.165) is 10.9 Å². The van der Waals surface area contributed by atoms with Gasteiger partial charge in [-0.15, -0.1) is 0 Å². The fourth-order valence-electron chi connectivity index (χ4n) is 3.17. The summed E-state index contributed by atoms with van der Waals surface area (Å²) in [6, 6.07) is 24.2. The molecule has 0 unspecified atom stereocenters. The Morgan fingerprint density at radius 3 is 2.48 bits per heavy atom. The number of benzene rings is 3. The quantitative estimate of drug-likeness (QED) is 0.449. The average molecular weight is 381 g/mol. The molecule has 1 aliphatic heterocycles. The van der Waals surface area contributed by atoms with Crippen LogP contribution in [0.25, 0.3) is 11.1 Å². The van der Waals surface area contributed by atoms with Gasteiger partial charge in [-0.25, -0.2) is 0 Å². The van der Waals surface area contributed by atoms with Gasteiger partial charge in [0.1, 0.15) is 0 Å². The van der Waals surface area contributed by atoms with Gasteiger partial charge in [-0.3, -0.25) is 0 Å². The van der Waals surface area contributed by atoms with Gasteiger partial charge in [0.2, 0.25) is 0 Å². The van der Waals surface area contributed by atoms with Crippen LogP contribution in [0, 0.1) is 0 Å². The van der Waals surface area contributed by atoms with Gasteiger partial charge in [0.05, 0.1) is 0 Å². The first-order valence-corrected chi connectivity index (χ1v) is 9.56. The summed E-state index contributed by atoms with van der Waals surface area (Å²) in [6.45, 7) is 0. The monoisotopic (exact) mass is 380 g/mol. The third-order valence-corrected chi connectivity index (χ3v) is 6.11. The van der Waals surface area contributed by atoms with Gasteiger partial charge in [-0.05, 0) is 59.7 Å². The van der Waals surface area contributed by atoms with Crippen molar-refractivity contribution in [3.05, 3.63) is 82.3 Å². The van der Waals surface area contributed by atoms with E-state index < -0.39 is 0 Å². The van der Waals surface area contributed by atoms with Gasteiger partial charge in [0, 0.05) is 14.3 Å². The summed E-state index contributed by atoms with van der Waals surface area (Å²) in [7, 11) is 0. The van der Waals surface area contributed by atoms with E-state index in [4.69, 9.17) is 0 Å². The largest absolute Gasteiger partial charge is 0.0889 e. The van der Waals surface area contributed by atoms with Crippen molar-refractivity contribution in [2.24, 2.45) is 0 Å². The molecule has 4 rings (SSSR count). The fourth-order valence-corrected chi connectivity index (χ4v) is 4.84. The van der Waals surface area contributed by atoms with Gasteiger partial charge in [0.25, 0.3) is 0 Å². The summed E-state index contributed by atoms with van der Waals surface area (Å²) >= 11 is 5.53. The Bertz CT molecular complexity index is 854. The van der Waals surface area contributed by atoms with Gasteiger partial charge in [-0.1, -0.05) is 76.2 Å². The van der Waals surface area contributed by atoms with E-state index in [0.29, 0.717) is 0 Å². The van der Waals surface area contributed by atoms with E-state index in [1.54, 1.807) is 0 Å². The topological polar surface area (TPSA) is 0 Å². The van der Waals surface area contributed by atoms with Crippen LogP contribution in [-0.4, -0.2) is 0 Å². The lowest BCUT2D eigenvalue weighted by atomic mass is 9.98. The molecule has 0 radical (unpaired) electrons. The Balaban J connectivity index is 1.87. The zero-order valence-corrected chi connectivity index (χ0v) is 15.2. The maximum absolute atomic E-state index is 3.60. The summed E-state index contributed by atoms with van der Waals surface area (Å²) in [6.07, 6.45) is 3.54. The lowest BCUT2D eigenvalue weighted by Crippen LogP contribution is -1.99. The second-order valence-electron chi connectivity index (χ2n) is 5.87. The number of aryl methyl sites for hydroxylation is 2. The smallest absolute Gasteiger partial charge is 0.0232 e. The van der Waals surface area contributed by atoms with Crippen LogP contribution in [-0.2, 0) is 12.8 Å². The van der Waals surface area contributed by atoms with E-state index in [1.807, 2.05) is 11.8 Å². The van der Waals surface area contributed by atoms with Crippen molar-refractivity contribution in [3.8, 4) is 11.1 Å². The molecule has 0 spiro atoms. The van der Waals surface area contributed by atoms with E-state index in [-0.39, 0.29) is 0 Å². The van der Waals surface area contributed by atoms with Crippen molar-refractivity contribution in [2.75, 3.05) is 0 Å². The van der Waals surface area contributed by atoms with E-state index in [2.05, 4.69) is 82.7 Å². The highest BCUT2D eigenvalue weighted by atomic mass is 79.9. The van der Waals surface area contributed by atoms with Gasteiger partial charge >= 0.3 is 0 Å². The Labute approximate surface area is 150 Å². The molecular weight excluding hydrogens is 364 g/mol. The molecule has 0 fully saturated rings.